The number of carbonyl (C=O) groups excluding carboxylic acids is 1. The Morgan fingerprint density at radius 1 is 1.19 bits per heavy atom. The van der Waals surface area contributed by atoms with Crippen LogP contribution in [0.5, 0.6) is 5.75 Å². The van der Waals surface area contributed by atoms with E-state index < -0.39 is 11.6 Å². The molecule has 1 aliphatic heterocycles. The van der Waals surface area contributed by atoms with Crippen molar-refractivity contribution in [1.29, 1.82) is 5.26 Å². The summed E-state index contributed by atoms with van der Waals surface area (Å²) in [6.07, 6.45) is 1.65. The van der Waals surface area contributed by atoms with Gasteiger partial charge >= 0.3 is 0 Å². The fourth-order valence-electron chi connectivity index (χ4n) is 3.66. The number of halogens is 2. The SMILES string of the molecule is COc1ccc(-c2cn(CC(=O)N3CC(C)C3)nc2-c2ccc(C#N)c(F)c2)cc1F. The molecule has 4 rings (SSSR count). The van der Waals surface area contributed by atoms with E-state index in [0.29, 0.717) is 41.4 Å². The zero-order valence-electron chi connectivity index (χ0n) is 17.1. The van der Waals surface area contributed by atoms with Crippen LogP contribution in [0.2, 0.25) is 0 Å². The maximum Gasteiger partial charge on any atom is 0.244 e. The molecule has 3 aromatic rings. The fourth-order valence-corrected chi connectivity index (χ4v) is 3.66. The van der Waals surface area contributed by atoms with Gasteiger partial charge in [0.15, 0.2) is 11.6 Å². The topological polar surface area (TPSA) is 71.2 Å². The minimum atomic E-state index is -0.674. The van der Waals surface area contributed by atoms with Crippen molar-refractivity contribution < 1.29 is 18.3 Å². The van der Waals surface area contributed by atoms with Gasteiger partial charge in [-0.25, -0.2) is 8.78 Å². The third-order valence-electron chi connectivity index (χ3n) is 5.30. The Balaban J connectivity index is 1.75. The molecule has 1 saturated heterocycles. The summed E-state index contributed by atoms with van der Waals surface area (Å²) in [5.41, 5.74) is 1.77. The van der Waals surface area contributed by atoms with Crippen molar-refractivity contribution in [2.45, 2.75) is 13.5 Å². The number of methoxy groups -OCH3 is 1. The highest BCUT2D eigenvalue weighted by molar-refractivity contribution is 5.82. The summed E-state index contributed by atoms with van der Waals surface area (Å²) in [7, 11) is 1.38. The summed E-state index contributed by atoms with van der Waals surface area (Å²) < 4.78 is 35.0. The number of hydrogen-bond acceptors (Lipinski definition) is 4. The molecule has 0 saturated carbocycles. The van der Waals surface area contributed by atoms with Gasteiger partial charge in [0.2, 0.25) is 5.91 Å². The lowest BCUT2D eigenvalue weighted by molar-refractivity contribution is -0.137. The Morgan fingerprint density at radius 2 is 1.90 bits per heavy atom. The summed E-state index contributed by atoms with van der Waals surface area (Å²) in [5, 5.41) is 13.5. The van der Waals surface area contributed by atoms with Crippen molar-refractivity contribution in [3.63, 3.8) is 0 Å². The van der Waals surface area contributed by atoms with Gasteiger partial charge in [-0.15, -0.1) is 0 Å². The number of benzene rings is 2. The van der Waals surface area contributed by atoms with Crippen LogP contribution in [0.15, 0.2) is 42.6 Å². The molecule has 0 radical (unpaired) electrons. The summed E-state index contributed by atoms with van der Waals surface area (Å²) in [6.45, 7) is 3.53. The molecular weight excluding hydrogens is 402 g/mol. The van der Waals surface area contributed by atoms with Gasteiger partial charge < -0.3 is 9.64 Å². The van der Waals surface area contributed by atoms with Crippen molar-refractivity contribution in [3.05, 3.63) is 59.8 Å². The van der Waals surface area contributed by atoms with E-state index in [1.165, 1.54) is 36.1 Å². The lowest BCUT2D eigenvalue weighted by Gasteiger charge is -2.37. The van der Waals surface area contributed by atoms with Gasteiger partial charge in [0, 0.05) is 30.4 Å². The van der Waals surface area contributed by atoms with E-state index >= 15 is 0 Å². The minimum absolute atomic E-state index is 0.0249. The van der Waals surface area contributed by atoms with E-state index in [0.717, 1.165) is 0 Å². The first-order valence-corrected chi connectivity index (χ1v) is 9.78. The summed E-state index contributed by atoms with van der Waals surface area (Å²) in [4.78, 5) is 14.3. The predicted octanol–water partition coefficient (Wildman–Crippen LogP) is 3.85. The molecule has 0 atom stereocenters. The van der Waals surface area contributed by atoms with Crippen LogP contribution in [0.3, 0.4) is 0 Å². The molecule has 1 aliphatic rings. The Hall–Kier alpha value is -3.73. The van der Waals surface area contributed by atoms with E-state index in [2.05, 4.69) is 12.0 Å². The fraction of sp³-hybridized carbons (Fsp3) is 0.261. The maximum atomic E-state index is 14.3. The minimum Gasteiger partial charge on any atom is -0.494 e. The van der Waals surface area contributed by atoms with Crippen molar-refractivity contribution in [2.24, 2.45) is 5.92 Å². The highest BCUT2D eigenvalue weighted by atomic mass is 19.1. The highest BCUT2D eigenvalue weighted by Gasteiger charge is 2.27. The van der Waals surface area contributed by atoms with Crippen LogP contribution < -0.4 is 4.74 Å². The molecule has 31 heavy (non-hydrogen) atoms. The third-order valence-corrected chi connectivity index (χ3v) is 5.30. The van der Waals surface area contributed by atoms with Gasteiger partial charge in [0.1, 0.15) is 24.1 Å². The van der Waals surface area contributed by atoms with E-state index in [1.54, 1.807) is 29.3 Å². The molecule has 1 fully saturated rings. The maximum absolute atomic E-state index is 14.3. The molecule has 1 amide bonds. The molecule has 1 aromatic heterocycles. The van der Waals surface area contributed by atoms with Crippen molar-refractivity contribution >= 4 is 5.91 Å². The van der Waals surface area contributed by atoms with Gasteiger partial charge in [-0.05, 0) is 35.7 Å². The zero-order valence-corrected chi connectivity index (χ0v) is 17.1. The summed E-state index contributed by atoms with van der Waals surface area (Å²) in [5.74, 6) is -0.700. The number of amides is 1. The molecule has 0 bridgehead atoms. The van der Waals surface area contributed by atoms with Crippen molar-refractivity contribution in [1.82, 2.24) is 14.7 Å². The number of hydrogen-bond donors (Lipinski definition) is 0. The summed E-state index contributed by atoms with van der Waals surface area (Å²) in [6, 6.07) is 10.4. The average Bonchev–Trinajstić information content (AvgIpc) is 3.15. The number of rotatable bonds is 5. The van der Waals surface area contributed by atoms with E-state index in [9.17, 15) is 13.6 Å². The Bertz CT molecular complexity index is 1190. The lowest BCUT2D eigenvalue weighted by atomic mass is 10.0. The molecular formula is C23H20F2N4O2. The van der Waals surface area contributed by atoms with Crippen LogP contribution in [-0.2, 0) is 11.3 Å². The summed E-state index contributed by atoms with van der Waals surface area (Å²) >= 11 is 0. The van der Waals surface area contributed by atoms with Crippen LogP contribution in [0, 0.1) is 28.9 Å². The Morgan fingerprint density at radius 3 is 2.52 bits per heavy atom. The Kier molecular flexibility index (Phi) is 5.42. The largest absolute Gasteiger partial charge is 0.494 e. The molecule has 8 heteroatoms. The van der Waals surface area contributed by atoms with E-state index in [-0.39, 0.29) is 23.8 Å². The first kappa shape index (κ1) is 20.5. The number of aromatic nitrogens is 2. The Labute approximate surface area is 178 Å². The molecule has 2 aromatic carbocycles. The quantitative estimate of drug-likeness (QED) is 0.626. The number of ether oxygens (including phenoxy) is 1. The highest BCUT2D eigenvalue weighted by Crippen LogP contribution is 2.34. The number of nitrogens with zero attached hydrogens (tertiary/aromatic N) is 4. The smallest absolute Gasteiger partial charge is 0.244 e. The molecule has 0 unspecified atom stereocenters. The zero-order chi connectivity index (χ0) is 22.1. The number of nitriles is 1. The lowest BCUT2D eigenvalue weighted by Crippen LogP contribution is -2.49. The standard InChI is InChI=1S/C23H20F2N4O2/c1-14-10-28(11-14)22(30)13-29-12-18(15-5-6-21(31-2)20(25)7-15)23(27-29)16-3-4-17(9-26)19(24)8-16/h3-8,12,14H,10-11,13H2,1-2H3. The van der Waals surface area contributed by atoms with Gasteiger partial charge in [-0.2, -0.15) is 10.4 Å². The van der Waals surface area contributed by atoms with Gasteiger partial charge in [-0.1, -0.05) is 19.1 Å². The van der Waals surface area contributed by atoms with Gasteiger partial charge in [0.25, 0.3) is 0 Å². The second kappa shape index (κ2) is 8.19. The average molecular weight is 422 g/mol. The second-order valence-corrected chi connectivity index (χ2v) is 7.65. The van der Waals surface area contributed by atoms with E-state index in [4.69, 9.17) is 10.00 Å². The first-order valence-electron chi connectivity index (χ1n) is 9.78. The van der Waals surface area contributed by atoms with Crippen LogP contribution in [0.4, 0.5) is 8.78 Å². The molecule has 0 spiro atoms. The van der Waals surface area contributed by atoms with E-state index in [1.807, 2.05) is 0 Å². The second-order valence-electron chi connectivity index (χ2n) is 7.65. The number of likely N-dealkylation sites (tertiary alicyclic amines) is 1. The first-order chi connectivity index (χ1) is 14.9. The van der Waals surface area contributed by atoms with Crippen LogP contribution in [0.1, 0.15) is 12.5 Å². The molecule has 0 aliphatic carbocycles. The third kappa shape index (κ3) is 3.99. The van der Waals surface area contributed by atoms with Gasteiger partial charge in [0.05, 0.1) is 12.7 Å². The van der Waals surface area contributed by atoms with Crippen LogP contribution in [-0.4, -0.2) is 40.8 Å². The molecule has 2 heterocycles. The number of carbonyl (C=O) groups is 1. The molecule has 0 N–H and O–H groups in total. The van der Waals surface area contributed by atoms with Crippen LogP contribution in [0.25, 0.3) is 22.4 Å². The molecule has 6 nitrogen and oxygen atoms in total. The van der Waals surface area contributed by atoms with Crippen molar-refractivity contribution in [3.8, 4) is 34.2 Å². The predicted molar refractivity (Wildman–Crippen MR) is 110 cm³/mol. The normalized spacial score (nSPS) is 13.6. The van der Waals surface area contributed by atoms with Crippen LogP contribution >= 0.6 is 0 Å². The monoisotopic (exact) mass is 422 g/mol. The molecule has 158 valence electrons. The van der Waals surface area contributed by atoms with Crippen molar-refractivity contribution in [2.75, 3.05) is 20.2 Å². The van der Waals surface area contributed by atoms with Gasteiger partial charge in [-0.3, -0.25) is 9.48 Å².